The lowest BCUT2D eigenvalue weighted by atomic mass is 9.99. The molecule has 0 aliphatic heterocycles. The van der Waals surface area contributed by atoms with Gasteiger partial charge in [0, 0.05) is 46.9 Å². The lowest BCUT2D eigenvalue weighted by Crippen LogP contribution is -2.19. The maximum Gasteiger partial charge on any atom is 0.328 e. The van der Waals surface area contributed by atoms with E-state index in [1.54, 1.807) is 23.2 Å². The van der Waals surface area contributed by atoms with E-state index in [2.05, 4.69) is 91.0 Å². The molecule has 10 rings (SSSR count). The zero-order valence-electron chi connectivity index (χ0n) is 29.0. The highest BCUT2D eigenvalue weighted by Gasteiger charge is 2.16. The van der Waals surface area contributed by atoms with Crippen molar-refractivity contribution in [2.45, 2.75) is 0 Å². The van der Waals surface area contributed by atoms with Gasteiger partial charge in [-0.2, -0.15) is 0 Å². The molecule has 0 aliphatic rings. The third-order valence-corrected chi connectivity index (χ3v) is 10.2. The van der Waals surface area contributed by atoms with E-state index < -0.39 is 0 Å². The molecule has 53 heavy (non-hydrogen) atoms. The van der Waals surface area contributed by atoms with E-state index in [9.17, 15) is 4.79 Å². The van der Waals surface area contributed by atoms with Crippen LogP contribution in [0.2, 0.25) is 0 Å². The highest BCUT2D eigenvalue weighted by Crippen LogP contribution is 2.37. The number of rotatable bonds is 5. The summed E-state index contributed by atoms with van der Waals surface area (Å²) in [6.07, 6.45) is 0. The first-order valence-electron chi connectivity index (χ1n) is 17.5. The van der Waals surface area contributed by atoms with Gasteiger partial charge in [0.25, 0.3) is 0 Å². The quantitative estimate of drug-likeness (QED) is 0.180. The van der Waals surface area contributed by atoms with Crippen LogP contribution in [-0.2, 0) is 14.1 Å². The Morgan fingerprint density at radius 3 is 1.74 bits per heavy atom. The Morgan fingerprint density at radius 1 is 0.434 bits per heavy atom. The second kappa shape index (κ2) is 12.0. The zero-order chi connectivity index (χ0) is 35.6. The standard InChI is InChI=1S/C46H31N5O2/c1-50-39-22-19-33(27-40(39)51(2)46(50)52)31-14-9-16-35(25-31)45-48-43(29-11-4-3-5-12-29)47-44(49-45)34-15-8-13-30(24-34)32-20-23-41-38(26-32)37-21-18-28-10-6-7-17-36(28)42(37)53-41/h3-27H,1-2H3. The van der Waals surface area contributed by atoms with Gasteiger partial charge in [-0.25, -0.2) is 19.7 Å². The summed E-state index contributed by atoms with van der Waals surface area (Å²) in [4.78, 5) is 27.7. The summed E-state index contributed by atoms with van der Waals surface area (Å²) in [6, 6.07) is 51.7. The molecule has 0 unspecified atom stereocenters. The van der Waals surface area contributed by atoms with Gasteiger partial charge in [0.2, 0.25) is 0 Å². The summed E-state index contributed by atoms with van der Waals surface area (Å²) in [5.74, 6) is 1.76. The molecule has 7 heteroatoms. The van der Waals surface area contributed by atoms with Crippen molar-refractivity contribution in [3.8, 4) is 56.4 Å². The summed E-state index contributed by atoms with van der Waals surface area (Å²) in [5, 5.41) is 4.45. The maximum absolute atomic E-state index is 12.6. The Hall–Kier alpha value is -7.12. The van der Waals surface area contributed by atoms with E-state index in [0.29, 0.717) is 17.5 Å². The molecule has 0 saturated heterocycles. The summed E-state index contributed by atoms with van der Waals surface area (Å²) >= 11 is 0. The van der Waals surface area contributed by atoms with E-state index in [0.717, 1.165) is 82.7 Å². The van der Waals surface area contributed by atoms with Gasteiger partial charge < -0.3 is 4.42 Å². The van der Waals surface area contributed by atoms with Crippen LogP contribution in [0.15, 0.2) is 161 Å². The molecule has 0 radical (unpaired) electrons. The Morgan fingerprint density at radius 2 is 1.00 bits per heavy atom. The molecule has 0 amide bonds. The van der Waals surface area contributed by atoms with Crippen LogP contribution in [0.25, 0.3) is 100 Å². The Labute approximate surface area is 304 Å². The van der Waals surface area contributed by atoms with Crippen LogP contribution in [-0.4, -0.2) is 24.1 Å². The van der Waals surface area contributed by atoms with E-state index in [4.69, 9.17) is 19.4 Å². The van der Waals surface area contributed by atoms with Gasteiger partial charge in [-0.3, -0.25) is 9.13 Å². The molecule has 0 bridgehead atoms. The highest BCUT2D eigenvalue weighted by atomic mass is 16.3. The first-order chi connectivity index (χ1) is 26.0. The van der Waals surface area contributed by atoms with Gasteiger partial charge in [0.15, 0.2) is 17.5 Å². The second-order valence-corrected chi connectivity index (χ2v) is 13.4. The van der Waals surface area contributed by atoms with Crippen LogP contribution in [0.4, 0.5) is 0 Å². The number of imidazole rings is 1. The normalized spacial score (nSPS) is 11.7. The van der Waals surface area contributed by atoms with Crippen molar-refractivity contribution >= 4 is 43.7 Å². The van der Waals surface area contributed by atoms with Gasteiger partial charge in [0.05, 0.1) is 11.0 Å². The average Bonchev–Trinajstić information content (AvgIpc) is 3.71. The Bertz CT molecular complexity index is 3120. The fourth-order valence-electron chi connectivity index (χ4n) is 7.40. The maximum atomic E-state index is 12.6. The second-order valence-electron chi connectivity index (χ2n) is 13.4. The van der Waals surface area contributed by atoms with Crippen molar-refractivity contribution in [1.29, 1.82) is 0 Å². The molecule has 0 saturated carbocycles. The zero-order valence-corrected chi connectivity index (χ0v) is 29.0. The fourth-order valence-corrected chi connectivity index (χ4v) is 7.40. The summed E-state index contributed by atoms with van der Waals surface area (Å²) < 4.78 is 9.73. The molecule has 3 aromatic heterocycles. The monoisotopic (exact) mass is 685 g/mol. The highest BCUT2D eigenvalue weighted by molar-refractivity contribution is 6.15. The molecule has 0 fully saturated rings. The number of fused-ring (bicyclic) bond motifs is 6. The third kappa shape index (κ3) is 5.13. The lowest BCUT2D eigenvalue weighted by molar-refractivity contribution is 0.672. The van der Waals surface area contributed by atoms with E-state index in [1.165, 1.54) is 0 Å². The largest absolute Gasteiger partial charge is 0.455 e. The van der Waals surface area contributed by atoms with E-state index in [1.807, 2.05) is 60.7 Å². The number of aryl methyl sites for hydroxylation is 2. The predicted octanol–water partition coefficient (Wildman–Crippen LogP) is 10.4. The summed E-state index contributed by atoms with van der Waals surface area (Å²) in [5.41, 5.74) is 10.3. The molecule has 0 spiro atoms. The van der Waals surface area contributed by atoms with Crippen LogP contribution in [0.5, 0.6) is 0 Å². The van der Waals surface area contributed by atoms with Crippen molar-refractivity contribution in [2.24, 2.45) is 14.1 Å². The number of furan rings is 1. The topological polar surface area (TPSA) is 78.7 Å². The third-order valence-electron chi connectivity index (χ3n) is 10.2. The number of hydrogen-bond donors (Lipinski definition) is 0. The molecule has 10 aromatic rings. The van der Waals surface area contributed by atoms with Crippen LogP contribution in [0.1, 0.15) is 0 Å². The molecule has 0 aliphatic carbocycles. The van der Waals surface area contributed by atoms with Gasteiger partial charge in [0.1, 0.15) is 11.2 Å². The Balaban J connectivity index is 1.08. The first kappa shape index (κ1) is 30.7. The molecule has 0 atom stereocenters. The van der Waals surface area contributed by atoms with E-state index >= 15 is 0 Å². The molecule has 7 aromatic carbocycles. The van der Waals surface area contributed by atoms with Crippen molar-refractivity contribution in [1.82, 2.24) is 24.1 Å². The molecule has 252 valence electrons. The minimum absolute atomic E-state index is 0.0506. The summed E-state index contributed by atoms with van der Waals surface area (Å²) in [7, 11) is 3.60. The molecule has 7 nitrogen and oxygen atoms in total. The minimum Gasteiger partial charge on any atom is -0.455 e. The van der Waals surface area contributed by atoms with Crippen LogP contribution in [0.3, 0.4) is 0 Å². The molecular weight excluding hydrogens is 655 g/mol. The van der Waals surface area contributed by atoms with Gasteiger partial charge in [-0.15, -0.1) is 0 Å². The number of aromatic nitrogens is 5. The van der Waals surface area contributed by atoms with Gasteiger partial charge in [-0.05, 0) is 70.1 Å². The lowest BCUT2D eigenvalue weighted by Gasteiger charge is -2.11. The molecular formula is C46H31N5O2. The first-order valence-corrected chi connectivity index (χ1v) is 17.5. The van der Waals surface area contributed by atoms with Crippen molar-refractivity contribution < 1.29 is 4.42 Å². The number of benzene rings is 7. The molecule has 0 N–H and O–H groups in total. The SMILES string of the molecule is Cn1c(=O)n(C)c2cc(-c3cccc(-c4nc(-c5ccccc5)nc(-c5cccc(-c6ccc7oc8c9ccccc9ccc8c7c6)c5)n4)c3)ccc21. The average molecular weight is 686 g/mol. The van der Waals surface area contributed by atoms with Gasteiger partial charge >= 0.3 is 5.69 Å². The van der Waals surface area contributed by atoms with Crippen LogP contribution < -0.4 is 5.69 Å². The molecule has 3 heterocycles. The van der Waals surface area contributed by atoms with Crippen molar-refractivity contribution in [3.05, 3.63) is 162 Å². The summed E-state index contributed by atoms with van der Waals surface area (Å²) in [6.45, 7) is 0. The number of hydrogen-bond acceptors (Lipinski definition) is 5. The van der Waals surface area contributed by atoms with E-state index in [-0.39, 0.29) is 5.69 Å². The smallest absolute Gasteiger partial charge is 0.328 e. The van der Waals surface area contributed by atoms with Crippen LogP contribution in [0, 0.1) is 0 Å². The Kier molecular flexibility index (Phi) is 6.94. The number of nitrogens with zero attached hydrogens (tertiary/aromatic N) is 5. The predicted molar refractivity (Wildman–Crippen MR) is 214 cm³/mol. The van der Waals surface area contributed by atoms with Crippen molar-refractivity contribution in [2.75, 3.05) is 0 Å². The van der Waals surface area contributed by atoms with Crippen LogP contribution >= 0.6 is 0 Å². The minimum atomic E-state index is -0.0506. The van der Waals surface area contributed by atoms with Crippen molar-refractivity contribution in [3.63, 3.8) is 0 Å². The fraction of sp³-hybridized carbons (Fsp3) is 0.0435. The van der Waals surface area contributed by atoms with Gasteiger partial charge in [-0.1, -0.05) is 109 Å².